The van der Waals surface area contributed by atoms with E-state index in [0.717, 1.165) is 18.8 Å². The molecule has 3 aromatic rings. The summed E-state index contributed by atoms with van der Waals surface area (Å²) in [6, 6.07) is 12.4. The Balaban J connectivity index is 1.58. The van der Waals surface area contributed by atoms with Crippen LogP contribution in [0.2, 0.25) is 5.02 Å². The van der Waals surface area contributed by atoms with Crippen LogP contribution in [0, 0.1) is 0 Å². The molecule has 0 atom stereocenters. The largest absolute Gasteiger partial charge is 0.378 e. The molecule has 1 saturated heterocycles. The Kier molecular flexibility index (Phi) is 5.02. The summed E-state index contributed by atoms with van der Waals surface area (Å²) in [4.78, 5) is 27.6. The lowest BCUT2D eigenvalue weighted by Gasteiger charge is -2.28. The number of nitrogens with zero attached hydrogens (tertiary/aromatic N) is 3. The molecule has 0 radical (unpaired) electrons. The first-order chi connectivity index (χ1) is 13.5. The fourth-order valence-electron chi connectivity index (χ4n) is 3.27. The lowest BCUT2D eigenvalue weighted by atomic mass is 10.2. The third-order valence-electron chi connectivity index (χ3n) is 4.73. The summed E-state index contributed by atoms with van der Waals surface area (Å²) in [6.45, 7) is 3.09. The van der Waals surface area contributed by atoms with Crippen molar-refractivity contribution >= 4 is 39.8 Å². The second-order valence-electron chi connectivity index (χ2n) is 6.56. The van der Waals surface area contributed by atoms with Crippen molar-refractivity contribution in [2.24, 2.45) is 7.05 Å². The second kappa shape index (κ2) is 7.61. The van der Waals surface area contributed by atoms with Crippen LogP contribution in [-0.4, -0.2) is 42.0 Å². The van der Waals surface area contributed by atoms with Crippen LogP contribution in [0.5, 0.6) is 0 Å². The van der Waals surface area contributed by atoms with Gasteiger partial charge >= 0.3 is 0 Å². The Bertz CT molecular complexity index is 1090. The number of carbonyl (C=O) groups is 1. The van der Waals surface area contributed by atoms with E-state index in [1.165, 1.54) is 4.68 Å². The Morgan fingerprint density at radius 2 is 1.86 bits per heavy atom. The highest BCUT2D eigenvalue weighted by Crippen LogP contribution is 2.20. The third kappa shape index (κ3) is 3.58. The number of amides is 1. The average Bonchev–Trinajstić information content (AvgIpc) is 2.71. The maximum atomic E-state index is 12.7. The molecule has 1 aliphatic rings. The van der Waals surface area contributed by atoms with Gasteiger partial charge in [-0.3, -0.25) is 14.3 Å². The fraction of sp³-hybridized carbons (Fsp3) is 0.250. The average molecular weight is 399 g/mol. The standard InChI is InChI=1S/C20H19ClN4O3/c1-24-17-7-2-13(21)12-16(17)19(26)18(23-24)20(27)22-14-3-5-15(6-4-14)25-8-10-28-11-9-25/h2-7,12H,8-11H2,1H3,(H,22,27). The summed E-state index contributed by atoms with van der Waals surface area (Å²) in [6.07, 6.45) is 0. The van der Waals surface area contributed by atoms with Gasteiger partial charge in [0.05, 0.1) is 24.1 Å². The van der Waals surface area contributed by atoms with Crippen molar-refractivity contribution in [2.45, 2.75) is 0 Å². The topological polar surface area (TPSA) is 76.5 Å². The zero-order valence-electron chi connectivity index (χ0n) is 15.3. The van der Waals surface area contributed by atoms with Crippen molar-refractivity contribution in [3.63, 3.8) is 0 Å². The van der Waals surface area contributed by atoms with Gasteiger partial charge in [-0.05, 0) is 42.5 Å². The zero-order valence-corrected chi connectivity index (χ0v) is 16.1. The van der Waals surface area contributed by atoms with Crippen molar-refractivity contribution in [2.75, 3.05) is 36.5 Å². The van der Waals surface area contributed by atoms with E-state index in [1.54, 1.807) is 25.2 Å². The summed E-state index contributed by atoms with van der Waals surface area (Å²) < 4.78 is 6.86. The van der Waals surface area contributed by atoms with Crippen LogP contribution < -0.4 is 15.6 Å². The first-order valence-corrected chi connectivity index (χ1v) is 9.31. The Morgan fingerprint density at radius 3 is 2.57 bits per heavy atom. The quantitative estimate of drug-likeness (QED) is 0.734. The molecule has 8 heteroatoms. The molecule has 4 rings (SSSR count). The maximum Gasteiger partial charge on any atom is 0.280 e. The smallest absolute Gasteiger partial charge is 0.280 e. The summed E-state index contributed by atoms with van der Waals surface area (Å²) in [5.41, 5.74) is 1.65. The summed E-state index contributed by atoms with van der Waals surface area (Å²) in [7, 11) is 1.68. The molecular formula is C20H19ClN4O3. The van der Waals surface area contributed by atoms with E-state index in [4.69, 9.17) is 16.3 Å². The van der Waals surface area contributed by atoms with Gasteiger partial charge in [0.1, 0.15) is 0 Å². The summed E-state index contributed by atoms with van der Waals surface area (Å²) >= 11 is 6.00. The minimum atomic E-state index is -0.554. The van der Waals surface area contributed by atoms with E-state index >= 15 is 0 Å². The number of ether oxygens (including phenoxy) is 1. The van der Waals surface area contributed by atoms with Gasteiger partial charge in [0.15, 0.2) is 5.69 Å². The van der Waals surface area contributed by atoms with Gasteiger partial charge in [-0.2, -0.15) is 5.10 Å². The van der Waals surface area contributed by atoms with E-state index in [2.05, 4.69) is 15.3 Å². The normalized spacial score (nSPS) is 14.3. The van der Waals surface area contributed by atoms with Crippen molar-refractivity contribution in [1.82, 2.24) is 9.78 Å². The number of fused-ring (bicyclic) bond motifs is 1. The number of aryl methyl sites for hydroxylation is 1. The van der Waals surface area contributed by atoms with Crippen molar-refractivity contribution in [3.8, 4) is 0 Å². The number of hydrogen-bond acceptors (Lipinski definition) is 5. The van der Waals surface area contributed by atoms with Crippen LogP contribution in [0.4, 0.5) is 11.4 Å². The van der Waals surface area contributed by atoms with E-state index < -0.39 is 11.3 Å². The highest BCUT2D eigenvalue weighted by molar-refractivity contribution is 6.31. The summed E-state index contributed by atoms with van der Waals surface area (Å²) in [5, 5.41) is 7.68. The lowest BCUT2D eigenvalue weighted by Crippen LogP contribution is -2.36. The minimum Gasteiger partial charge on any atom is -0.378 e. The third-order valence-corrected chi connectivity index (χ3v) is 4.97. The second-order valence-corrected chi connectivity index (χ2v) is 7.00. The molecule has 1 aromatic heterocycles. The van der Waals surface area contributed by atoms with Gasteiger partial charge in [0.2, 0.25) is 5.43 Å². The summed E-state index contributed by atoms with van der Waals surface area (Å²) in [5.74, 6) is -0.554. The first kappa shape index (κ1) is 18.5. The van der Waals surface area contributed by atoms with Crippen LogP contribution in [0.1, 0.15) is 10.5 Å². The molecule has 0 saturated carbocycles. The minimum absolute atomic E-state index is 0.172. The van der Waals surface area contributed by atoms with E-state index in [-0.39, 0.29) is 5.69 Å². The van der Waals surface area contributed by atoms with E-state index in [1.807, 2.05) is 24.3 Å². The predicted octanol–water partition coefficient (Wildman–Crippen LogP) is 2.68. The van der Waals surface area contributed by atoms with Gasteiger partial charge in [0.25, 0.3) is 5.91 Å². The van der Waals surface area contributed by atoms with Crippen LogP contribution in [0.3, 0.4) is 0 Å². The Morgan fingerprint density at radius 1 is 1.14 bits per heavy atom. The Hall–Kier alpha value is -2.90. The van der Waals surface area contributed by atoms with Crippen molar-refractivity contribution < 1.29 is 9.53 Å². The van der Waals surface area contributed by atoms with E-state index in [0.29, 0.717) is 34.8 Å². The number of benzene rings is 2. The molecular weight excluding hydrogens is 380 g/mol. The number of nitrogens with one attached hydrogen (secondary N) is 1. The number of rotatable bonds is 3. The predicted molar refractivity (Wildman–Crippen MR) is 109 cm³/mol. The molecule has 2 heterocycles. The number of halogens is 1. The van der Waals surface area contributed by atoms with Gasteiger partial charge in [-0.1, -0.05) is 11.6 Å². The van der Waals surface area contributed by atoms with Crippen LogP contribution in [0.25, 0.3) is 10.9 Å². The maximum absolute atomic E-state index is 12.7. The van der Waals surface area contributed by atoms with Crippen molar-refractivity contribution in [3.05, 3.63) is 63.4 Å². The van der Waals surface area contributed by atoms with E-state index in [9.17, 15) is 9.59 Å². The molecule has 1 fully saturated rings. The molecule has 1 aliphatic heterocycles. The van der Waals surface area contributed by atoms with Crippen molar-refractivity contribution in [1.29, 1.82) is 0 Å². The number of hydrogen-bond donors (Lipinski definition) is 1. The van der Waals surface area contributed by atoms with Gasteiger partial charge in [-0.15, -0.1) is 0 Å². The molecule has 7 nitrogen and oxygen atoms in total. The zero-order chi connectivity index (χ0) is 19.7. The molecule has 0 spiro atoms. The molecule has 144 valence electrons. The van der Waals surface area contributed by atoms with Gasteiger partial charge in [0, 0.05) is 36.5 Å². The molecule has 0 aliphatic carbocycles. The monoisotopic (exact) mass is 398 g/mol. The highest BCUT2D eigenvalue weighted by atomic mass is 35.5. The van der Waals surface area contributed by atoms with Crippen LogP contribution in [-0.2, 0) is 11.8 Å². The molecule has 28 heavy (non-hydrogen) atoms. The van der Waals surface area contributed by atoms with Gasteiger partial charge < -0.3 is 15.0 Å². The molecule has 0 unspecified atom stereocenters. The number of morpholine rings is 1. The molecule has 0 bridgehead atoms. The van der Waals surface area contributed by atoms with Crippen LogP contribution in [0.15, 0.2) is 47.3 Å². The molecule has 1 N–H and O–H groups in total. The molecule has 2 aromatic carbocycles. The van der Waals surface area contributed by atoms with Crippen LogP contribution >= 0.6 is 11.6 Å². The Labute approximate surface area is 166 Å². The lowest BCUT2D eigenvalue weighted by molar-refractivity contribution is 0.101. The number of anilines is 2. The number of aromatic nitrogens is 2. The number of carbonyl (C=O) groups excluding carboxylic acids is 1. The highest BCUT2D eigenvalue weighted by Gasteiger charge is 2.17. The fourth-order valence-corrected chi connectivity index (χ4v) is 3.44. The molecule has 1 amide bonds. The first-order valence-electron chi connectivity index (χ1n) is 8.93. The van der Waals surface area contributed by atoms with Gasteiger partial charge in [-0.25, -0.2) is 0 Å². The SMILES string of the molecule is Cn1nc(C(=O)Nc2ccc(N3CCOCC3)cc2)c(=O)c2cc(Cl)ccc21.